The van der Waals surface area contributed by atoms with Gasteiger partial charge < -0.3 is 5.11 Å². The molecule has 0 radical (unpaired) electrons. The SMILES string of the molecule is O=C(O)CCC(F)F. The number of alkyl halides is 2. The van der Waals surface area contributed by atoms with E-state index in [0.29, 0.717) is 0 Å². The van der Waals surface area contributed by atoms with Gasteiger partial charge in [-0.2, -0.15) is 0 Å². The van der Waals surface area contributed by atoms with Crippen LogP contribution in [-0.2, 0) is 4.79 Å². The highest BCUT2D eigenvalue weighted by atomic mass is 19.3. The number of carboxylic acid groups (broad SMARTS) is 1. The van der Waals surface area contributed by atoms with E-state index in [1.165, 1.54) is 0 Å². The molecule has 2 nitrogen and oxygen atoms in total. The molecule has 8 heavy (non-hydrogen) atoms. The van der Waals surface area contributed by atoms with Crippen molar-refractivity contribution in [2.75, 3.05) is 0 Å². The normalized spacial score (nSPS) is 9.88. The number of aliphatic carboxylic acids is 1. The van der Waals surface area contributed by atoms with Crippen molar-refractivity contribution >= 4 is 5.97 Å². The van der Waals surface area contributed by atoms with E-state index >= 15 is 0 Å². The highest BCUT2D eigenvalue weighted by molar-refractivity contribution is 5.66. The van der Waals surface area contributed by atoms with Crippen molar-refractivity contribution in [1.82, 2.24) is 0 Å². The third-order valence-electron chi connectivity index (χ3n) is 0.576. The first-order valence-electron chi connectivity index (χ1n) is 2.13. The first-order valence-corrected chi connectivity index (χ1v) is 2.13. The molecule has 48 valence electrons. The topological polar surface area (TPSA) is 37.3 Å². The van der Waals surface area contributed by atoms with Gasteiger partial charge in [-0.1, -0.05) is 0 Å². The molecule has 0 heterocycles. The highest BCUT2D eigenvalue weighted by Gasteiger charge is 2.04. The maximum Gasteiger partial charge on any atom is 0.303 e. The molecule has 0 rings (SSSR count). The van der Waals surface area contributed by atoms with Crippen LogP contribution in [0.25, 0.3) is 0 Å². The molecule has 0 aromatic carbocycles. The highest BCUT2D eigenvalue weighted by Crippen LogP contribution is 2.01. The zero-order valence-corrected chi connectivity index (χ0v) is 4.10. The van der Waals surface area contributed by atoms with E-state index < -0.39 is 25.2 Å². The fourth-order valence-corrected chi connectivity index (χ4v) is 0.233. The third-order valence-corrected chi connectivity index (χ3v) is 0.576. The maximum absolute atomic E-state index is 11.1. The van der Waals surface area contributed by atoms with Crippen LogP contribution in [0.15, 0.2) is 0 Å². The van der Waals surface area contributed by atoms with Crippen LogP contribution in [0, 0.1) is 0 Å². The summed E-state index contributed by atoms with van der Waals surface area (Å²) in [7, 11) is 0. The zero-order valence-electron chi connectivity index (χ0n) is 4.10. The monoisotopic (exact) mass is 124 g/mol. The van der Waals surface area contributed by atoms with Crippen LogP contribution in [0.4, 0.5) is 8.78 Å². The van der Waals surface area contributed by atoms with Crippen molar-refractivity contribution in [3.05, 3.63) is 0 Å². The van der Waals surface area contributed by atoms with Gasteiger partial charge in [-0.3, -0.25) is 4.79 Å². The molecule has 1 N–H and O–H groups in total. The Hall–Kier alpha value is -0.670. The molecule has 0 aliphatic rings. The smallest absolute Gasteiger partial charge is 0.303 e. The van der Waals surface area contributed by atoms with Crippen molar-refractivity contribution in [1.29, 1.82) is 0 Å². The van der Waals surface area contributed by atoms with Gasteiger partial charge in [0.2, 0.25) is 6.43 Å². The maximum atomic E-state index is 11.1. The van der Waals surface area contributed by atoms with Gasteiger partial charge in [-0.05, 0) is 0 Å². The lowest BCUT2D eigenvalue weighted by Gasteiger charge is -1.90. The molecular weight excluding hydrogens is 118 g/mol. The second-order valence-electron chi connectivity index (χ2n) is 1.32. The van der Waals surface area contributed by atoms with Crippen LogP contribution in [0.5, 0.6) is 0 Å². The number of halogens is 2. The molecule has 0 saturated heterocycles. The quantitative estimate of drug-likeness (QED) is 0.612. The minimum Gasteiger partial charge on any atom is -0.481 e. The van der Waals surface area contributed by atoms with Gasteiger partial charge in [0.25, 0.3) is 0 Å². The Bertz CT molecular complexity index is 82.1. The molecule has 0 aromatic heterocycles. The van der Waals surface area contributed by atoms with Gasteiger partial charge in [0.1, 0.15) is 0 Å². The van der Waals surface area contributed by atoms with E-state index in [9.17, 15) is 13.6 Å². The number of hydrogen-bond acceptors (Lipinski definition) is 1. The van der Waals surface area contributed by atoms with Crippen LogP contribution in [0.2, 0.25) is 0 Å². The molecule has 0 aliphatic heterocycles. The Kier molecular flexibility index (Phi) is 3.07. The van der Waals surface area contributed by atoms with Crippen molar-refractivity contribution in [3.8, 4) is 0 Å². The van der Waals surface area contributed by atoms with Crippen LogP contribution in [-0.4, -0.2) is 17.5 Å². The van der Waals surface area contributed by atoms with Gasteiger partial charge in [0.05, 0.1) is 6.42 Å². The summed E-state index contributed by atoms with van der Waals surface area (Å²) in [4.78, 5) is 9.57. The summed E-state index contributed by atoms with van der Waals surface area (Å²) in [5.74, 6) is -1.18. The summed E-state index contributed by atoms with van der Waals surface area (Å²) in [6.07, 6.45) is -3.49. The summed E-state index contributed by atoms with van der Waals surface area (Å²) < 4.78 is 22.3. The van der Waals surface area contributed by atoms with Crippen LogP contribution in [0.1, 0.15) is 12.8 Å². The minimum atomic E-state index is -2.49. The molecule has 0 fully saturated rings. The van der Waals surface area contributed by atoms with E-state index in [0.717, 1.165) is 0 Å². The van der Waals surface area contributed by atoms with E-state index in [2.05, 4.69) is 0 Å². The molecule has 0 aromatic rings. The van der Waals surface area contributed by atoms with Gasteiger partial charge in [0, 0.05) is 6.42 Å². The Morgan fingerprint density at radius 3 is 2.25 bits per heavy atom. The number of carbonyl (C=O) groups is 1. The predicted molar refractivity (Wildman–Crippen MR) is 22.9 cm³/mol. The zero-order chi connectivity index (χ0) is 6.57. The molecule has 0 amide bonds. The molecule has 0 spiro atoms. The first-order chi connectivity index (χ1) is 3.63. The molecule has 0 atom stereocenters. The Balaban J connectivity index is 3.05. The van der Waals surface area contributed by atoms with E-state index in [-0.39, 0.29) is 0 Å². The first kappa shape index (κ1) is 7.33. The number of rotatable bonds is 3. The average molecular weight is 124 g/mol. The third kappa shape index (κ3) is 5.33. The summed E-state index contributed by atoms with van der Waals surface area (Å²) >= 11 is 0. The Morgan fingerprint density at radius 1 is 1.62 bits per heavy atom. The average Bonchev–Trinajstić information content (AvgIpc) is 1.61. The molecular formula is C4H6F2O2. The Labute approximate surface area is 45.1 Å². The fourth-order valence-electron chi connectivity index (χ4n) is 0.233. The lowest BCUT2D eigenvalue weighted by atomic mass is 10.3. The molecule has 0 unspecified atom stereocenters. The predicted octanol–water partition coefficient (Wildman–Crippen LogP) is 1.12. The number of hydrogen-bond donors (Lipinski definition) is 1. The fraction of sp³-hybridized carbons (Fsp3) is 0.750. The van der Waals surface area contributed by atoms with Gasteiger partial charge >= 0.3 is 5.97 Å². The van der Waals surface area contributed by atoms with Gasteiger partial charge in [-0.15, -0.1) is 0 Å². The standard InChI is InChI=1S/C4H6F2O2/c5-3(6)1-2-4(7)8/h3H,1-2H2,(H,7,8). The van der Waals surface area contributed by atoms with Crippen molar-refractivity contribution in [2.24, 2.45) is 0 Å². The minimum absolute atomic E-state index is 0.447. The van der Waals surface area contributed by atoms with Crippen molar-refractivity contribution in [3.63, 3.8) is 0 Å². The summed E-state index contributed by atoms with van der Waals surface area (Å²) in [5, 5.41) is 7.83. The lowest BCUT2D eigenvalue weighted by molar-refractivity contribution is -0.137. The van der Waals surface area contributed by atoms with Gasteiger partial charge in [-0.25, -0.2) is 8.78 Å². The van der Waals surface area contributed by atoms with Crippen LogP contribution in [0.3, 0.4) is 0 Å². The molecule has 0 bridgehead atoms. The molecule has 4 heteroatoms. The number of carboxylic acids is 1. The van der Waals surface area contributed by atoms with Crippen molar-refractivity contribution in [2.45, 2.75) is 19.3 Å². The lowest BCUT2D eigenvalue weighted by Crippen LogP contribution is -1.98. The van der Waals surface area contributed by atoms with E-state index in [4.69, 9.17) is 5.11 Å². The second-order valence-corrected chi connectivity index (χ2v) is 1.32. The van der Waals surface area contributed by atoms with Crippen LogP contribution < -0.4 is 0 Å². The summed E-state index contributed by atoms with van der Waals surface area (Å²) in [5.41, 5.74) is 0. The molecule has 0 saturated carbocycles. The van der Waals surface area contributed by atoms with Crippen LogP contribution >= 0.6 is 0 Å². The summed E-state index contributed by atoms with van der Waals surface area (Å²) in [6.45, 7) is 0. The van der Waals surface area contributed by atoms with E-state index in [1.807, 2.05) is 0 Å². The second kappa shape index (κ2) is 3.35. The summed E-state index contributed by atoms with van der Waals surface area (Å²) in [6, 6.07) is 0. The molecule has 0 aliphatic carbocycles. The van der Waals surface area contributed by atoms with E-state index in [1.54, 1.807) is 0 Å². The largest absolute Gasteiger partial charge is 0.481 e. The van der Waals surface area contributed by atoms with Crippen molar-refractivity contribution < 1.29 is 18.7 Å². The van der Waals surface area contributed by atoms with Gasteiger partial charge in [0.15, 0.2) is 0 Å². The Morgan fingerprint density at radius 2 is 2.12 bits per heavy atom.